The molecule has 160 valence electrons. The Bertz CT molecular complexity index is 934. The lowest BCUT2D eigenvalue weighted by Gasteiger charge is -2.38. The molecule has 0 spiro atoms. The third kappa shape index (κ3) is 4.42. The zero-order valence-corrected chi connectivity index (χ0v) is 16.4. The summed E-state index contributed by atoms with van der Waals surface area (Å²) in [6, 6.07) is 5.55. The van der Waals surface area contributed by atoms with E-state index in [4.69, 9.17) is 4.74 Å². The highest BCUT2D eigenvalue weighted by molar-refractivity contribution is 5.88. The first-order valence-electron chi connectivity index (χ1n) is 9.97. The molecule has 2 aliphatic heterocycles. The normalized spacial score (nSPS) is 19.8. The minimum atomic E-state index is -2.58. The van der Waals surface area contributed by atoms with Crippen molar-refractivity contribution in [3.05, 3.63) is 24.5 Å². The lowest BCUT2D eigenvalue weighted by Crippen LogP contribution is -2.52. The van der Waals surface area contributed by atoms with E-state index in [-0.39, 0.29) is 30.0 Å². The van der Waals surface area contributed by atoms with Gasteiger partial charge in [0.15, 0.2) is 6.61 Å². The number of aromatic nitrogens is 2. The van der Waals surface area contributed by atoms with Gasteiger partial charge in [-0.05, 0) is 24.6 Å². The van der Waals surface area contributed by atoms with E-state index in [0.29, 0.717) is 50.0 Å². The van der Waals surface area contributed by atoms with Crippen LogP contribution in [0.3, 0.4) is 0 Å². The zero-order valence-electron chi connectivity index (χ0n) is 16.4. The number of anilines is 1. The van der Waals surface area contributed by atoms with E-state index in [0.717, 1.165) is 5.69 Å². The molecule has 2 amide bonds. The minimum Gasteiger partial charge on any atom is -0.471 e. The Labute approximate surface area is 172 Å². The van der Waals surface area contributed by atoms with Gasteiger partial charge in [-0.25, -0.2) is 18.7 Å². The molecule has 1 N–H and O–H groups in total. The van der Waals surface area contributed by atoms with Gasteiger partial charge in [-0.1, -0.05) is 0 Å². The molecule has 0 saturated carbocycles. The van der Waals surface area contributed by atoms with Gasteiger partial charge in [0.25, 0.3) is 6.43 Å². The van der Waals surface area contributed by atoms with Gasteiger partial charge >= 0.3 is 0 Å². The second-order valence-corrected chi connectivity index (χ2v) is 7.43. The maximum Gasteiger partial charge on any atom is 0.272 e. The molecule has 0 radical (unpaired) electrons. The van der Waals surface area contributed by atoms with Crippen molar-refractivity contribution in [3.63, 3.8) is 0 Å². The van der Waals surface area contributed by atoms with E-state index in [1.807, 2.05) is 17.0 Å². The van der Waals surface area contributed by atoms with E-state index in [2.05, 4.69) is 20.2 Å². The molecule has 3 heterocycles. The molecule has 1 unspecified atom stereocenters. The van der Waals surface area contributed by atoms with Crippen molar-refractivity contribution in [3.8, 4) is 5.88 Å². The highest BCUT2D eigenvalue weighted by atomic mass is 19.3. The Balaban J connectivity index is 1.43. The first-order valence-corrected chi connectivity index (χ1v) is 9.97. The van der Waals surface area contributed by atoms with Crippen LogP contribution >= 0.6 is 0 Å². The molecule has 2 saturated heterocycles. The fourth-order valence-corrected chi connectivity index (χ4v) is 3.91. The molecule has 1 atom stereocenters. The molecule has 8 nitrogen and oxygen atoms in total. The molecular formula is C20H23F2N5O3. The second kappa shape index (κ2) is 8.76. The average Bonchev–Trinajstić information content (AvgIpc) is 2.77. The molecule has 2 aromatic rings. The fraction of sp³-hybridized carbons (Fsp3) is 0.500. The summed E-state index contributed by atoms with van der Waals surface area (Å²) >= 11 is 0. The molecule has 0 bridgehead atoms. The number of piperidine rings is 1. The highest BCUT2D eigenvalue weighted by Crippen LogP contribution is 2.28. The quantitative estimate of drug-likeness (QED) is 0.789. The Morgan fingerprint density at radius 3 is 2.77 bits per heavy atom. The molecular weight excluding hydrogens is 396 g/mol. The van der Waals surface area contributed by atoms with Crippen LogP contribution in [-0.4, -0.2) is 72.4 Å². The summed E-state index contributed by atoms with van der Waals surface area (Å²) in [4.78, 5) is 36.4. The Hall–Kier alpha value is -3.04. The van der Waals surface area contributed by atoms with Gasteiger partial charge in [0.2, 0.25) is 17.7 Å². The van der Waals surface area contributed by atoms with E-state index in [1.165, 1.54) is 6.33 Å². The van der Waals surface area contributed by atoms with Gasteiger partial charge in [-0.15, -0.1) is 0 Å². The number of piperazine rings is 1. The SMILES string of the molecule is O=C1CC(C(=O)N2CCN(c3ccc4ncnc(OCC(F)F)c4c3)CC2)CCN1. The number of amides is 2. The van der Waals surface area contributed by atoms with Gasteiger partial charge in [-0.3, -0.25) is 9.59 Å². The molecule has 30 heavy (non-hydrogen) atoms. The predicted molar refractivity (Wildman–Crippen MR) is 106 cm³/mol. The number of halogens is 2. The summed E-state index contributed by atoms with van der Waals surface area (Å²) in [5.41, 5.74) is 1.51. The predicted octanol–water partition coefficient (Wildman–Crippen LogP) is 1.45. The topological polar surface area (TPSA) is 87.7 Å². The van der Waals surface area contributed by atoms with E-state index >= 15 is 0 Å². The lowest BCUT2D eigenvalue weighted by atomic mass is 9.95. The van der Waals surface area contributed by atoms with Gasteiger partial charge in [0, 0.05) is 50.7 Å². The van der Waals surface area contributed by atoms with Crippen molar-refractivity contribution in [1.29, 1.82) is 0 Å². The number of ether oxygens (including phenoxy) is 1. The van der Waals surface area contributed by atoms with Crippen molar-refractivity contribution in [2.24, 2.45) is 5.92 Å². The Morgan fingerprint density at radius 1 is 1.23 bits per heavy atom. The number of carbonyl (C=O) groups is 2. The van der Waals surface area contributed by atoms with Crippen LogP contribution in [-0.2, 0) is 9.59 Å². The van der Waals surface area contributed by atoms with Crippen LogP contribution in [0, 0.1) is 5.92 Å². The number of rotatable bonds is 5. The van der Waals surface area contributed by atoms with Crippen LogP contribution in [0.15, 0.2) is 24.5 Å². The van der Waals surface area contributed by atoms with Gasteiger partial charge in [0.1, 0.15) is 6.33 Å². The number of nitrogens with one attached hydrogen (secondary N) is 1. The molecule has 1 aromatic heterocycles. The monoisotopic (exact) mass is 419 g/mol. The summed E-state index contributed by atoms with van der Waals surface area (Å²) in [5, 5.41) is 3.32. The van der Waals surface area contributed by atoms with Crippen LogP contribution < -0.4 is 15.0 Å². The van der Waals surface area contributed by atoms with E-state index in [9.17, 15) is 18.4 Å². The summed E-state index contributed by atoms with van der Waals surface area (Å²) in [6.45, 7) is 2.22. The fourth-order valence-electron chi connectivity index (χ4n) is 3.91. The zero-order chi connectivity index (χ0) is 21.1. The standard InChI is InChI=1S/C20H23F2N5O3/c21-17(22)11-30-19-15-10-14(1-2-16(15)24-12-25-19)26-5-7-27(8-6-26)20(29)13-3-4-23-18(28)9-13/h1-2,10,12-13,17H,3-9,11H2,(H,23,28). The van der Waals surface area contributed by atoms with Crippen LogP contribution in [0.25, 0.3) is 10.9 Å². The molecule has 4 rings (SSSR count). The van der Waals surface area contributed by atoms with Crippen LogP contribution in [0.4, 0.5) is 14.5 Å². The number of hydrogen-bond donors (Lipinski definition) is 1. The maximum atomic E-state index is 12.7. The number of fused-ring (bicyclic) bond motifs is 1. The van der Waals surface area contributed by atoms with E-state index < -0.39 is 13.0 Å². The summed E-state index contributed by atoms with van der Waals surface area (Å²) in [7, 11) is 0. The highest BCUT2D eigenvalue weighted by Gasteiger charge is 2.31. The van der Waals surface area contributed by atoms with E-state index in [1.54, 1.807) is 6.07 Å². The van der Waals surface area contributed by atoms with Gasteiger partial charge < -0.3 is 19.9 Å². The average molecular weight is 419 g/mol. The van der Waals surface area contributed by atoms with Gasteiger partial charge in [0.05, 0.1) is 10.9 Å². The Kier molecular flexibility index (Phi) is 5.91. The van der Waals surface area contributed by atoms with Gasteiger partial charge in [-0.2, -0.15) is 0 Å². The smallest absolute Gasteiger partial charge is 0.272 e. The third-order valence-corrected chi connectivity index (χ3v) is 5.48. The lowest BCUT2D eigenvalue weighted by molar-refractivity contribution is -0.140. The minimum absolute atomic E-state index is 0.0408. The van der Waals surface area contributed by atoms with Crippen molar-refractivity contribution >= 4 is 28.4 Å². The van der Waals surface area contributed by atoms with Crippen molar-refractivity contribution in [1.82, 2.24) is 20.2 Å². The first-order chi connectivity index (χ1) is 14.5. The Morgan fingerprint density at radius 2 is 2.03 bits per heavy atom. The molecule has 1 aromatic carbocycles. The number of hydrogen-bond acceptors (Lipinski definition) is 6. The largest absolute Gasteiger partial charge is 0.471 e. The number of nitrogens with zero attached hydrogens (tertiary/aromatic N) is 4. The molecule has 2 aliphatic rings. The first kappa shape index (κ1) is 20.2. The second-order valence-electron chi connectivity index (χ2n) is 7.43. The number of benzene rings is 1. The summed E-state index contributed by atoms with van der Waals surface area (Å²) in [6.07, 6.45) is -0.361. The van der Waals surface area contributed by atoms with Crippen LogP contribution in [0.5, 0.6) is 5.88 Å². The number of alkyl halides is 2. The molecule has 2 fully saturated rings. The van der Waals surface area contributed by atoms with Crippen LogP contribution in [0.2, 0.25) is 0 Å². The van der Waals surface area contributed by atoms with Crippen molar-refractivity contribution in [2.45, 2.75) is 19.3 Å². The van der Waals surface area contributed by atoms with Crippen LogP contribution in [0.1, 0.15) is 12.8 Å². The third-order valence-electron chi connectivity index (χ3n) is 5.48. The number of carbonyl (C=O) groups excluding carboxylic acids is 2. The summed E-state index contributed by atoms with van der Waals surface area (Å²) in [5.74, 6) is -0.134. The molecule has 10 heteroatoms. The maximum absolute atomic E-state index is 12.7. The van der Waals surface area contributed by atoms with Crippen molar-refractivity contribution < 1.29 is 23.1 Å². The summed E-state index contributed by atoms with van der Waals surface area (Å²) < 4.78 is 30.2. The molecule has 0 aliphatic carbocycles. The van der Waals surface area contributed by atoms with Crippen molar-refractivity contribution in [2.75, 3.05) is 44.2 Å².